The summed E-state index contributed by atoms with van der Waals surface area (Å²) in [7, 11) is 0. The maximum atomic E-state index is 11.6. The number of piperazine rings is 1. The zero-order valence-electron chi connectivity index (χ0n) is 10.4. The van der Waals surface area contributed by atoms with Gasteiger partial charge < -0.3 is 20.6 Å². The minimum Gasteiger partial charge on any atom is -0.481 e. The van der Waals surface area contributed by atoms with Crippen LogP contribution >= 0.6 is 24.0 Å². The SMILES string of the molecule is CC1CN(C=C2SC(=S)NC2=O)CC(CC(=O)O)N1. The fraction of sp³-hybridized carbons (Fsp3) is 0.545. The molecule has 2 unspecified atom stereocenters. The fourth-order valence-electron chi connectivity index (χ4n) is 2.23. The maximum absolute atomic E-state index is 11.6. The molecule has 104 valence electrons. The molecule has 6 nitrogen and oxygen atoms in total. The molecule has 0 saturated carbocycles. The second-order valence-corrected chi connectivity index (χ2v) is 6.37. The lowest BCUT2D eigenvalue weighted by Crippen LogP contribution is -2.54. The molecule has 3 N–H and O–H groups in total. The Morgan fingerprint density at radius 1 is 1.63 bits per heavy atom. The molecule has 0 aromatic heterocycles. The molecule has 2 aliphatic rings. The van der Waals surface area contributed by atoms with Crippen LogP contribution < -0.4 is 10.6 Å². The van der Waals surface area contributed by atoms with Crippen molar-refractivity contribution >= 4 is 40.2 Å². The van der Waals surface area contributed by atoms with E-state index in [9.17, 15) is 9.59 Å². The average Bonchev–Trinajstić information content (AvgIpc) is 2.55. The number of carboxylic acid groups (broad SMARTS) is 1. The van der Waals surface area contributed by atoms with Gasteiger partial charge in [-0.2, -0.15) is 0 Å². The summed E-state index contributed by atoms with van der Waals surface area (Å²) >= 11 is 6.16. The van der Waals surface area contributed by atoms with Gasteiger partial charge in [0.1, 0.15) is 4.32 Å². The van der Waals surface area contributed by atoms with Crippen LogP contribution in [-0.2, 0) is 9.59 Å². The number of nitrogens with zero attached hydrogens (tertiary/aromatic N) is 1. The van der Waals surface area contributed by atoms with E-state index in [1.54, 1.807) is 6.20 Å². The number of carboxylic acids is 1. The third-order valence-corrected chi connectivity index (χ3v) is 4.00. The van der Waals surface area contributed by atoms with Crippen LogP contribution in [0.4, 0.5) is 0 Å². The Kier molecular flexibility index (Phi) is 4.43. The number of nitrogens with one attached hydrogen (secondary N) is 2. The van der Waals surface area contributed by atoms with E-state index < -0.39 is 5.97 Å². The molecule has 2 fully saturated rings. The summed E-state index contributed by atoms with van der Waals surface area (Å²) in [4.78, 5) is 24.9. The van der Waals surface area contributed by atoms with Crippen molar-refractivity contribution in [1.29, 1.82) is 0 Å². The molecule has 0 aromatic rings. The number of amides is 1. The van der Waals surface area contributed by atoms with Gasteiger partial charge in [-0.15, -0.1) is 0 Å². The number of rotatable bonds is 3. The smallest absolute Gasteiger partial charge is 0.304 e. The first-order chi connectivity index (χ1) is 8.94. The lowest BCUT2D eigenvalue weighted by Gasteiger charge is -2.36. The molecule has 19 heavy (non-hydrogen) atoms. The number of hydrogen-bond acceptors (Lipinski definition) is 6. The van der Waals surface area contributed by atoms with Gasteiger partial charge in [-0.25, -0.2) is 0 Å². The van der Waals surface area contributed by atoms with Crippen LogP contribution in [0.15, 0.2) is 11.1 Å². The topological polar surface area (TPSA) is 81.7 Å². The monoisotopic (exact) mass is 301 g/mol. The van der Waals surface area contributed by atoms with E-state index in [-0.39, 0.29) is 24.4 Å². The van der Waals surface area contributed by atoms with Crippen LogP contribution in [0.1, 0.15) is 13.3 Å². The Morgan fingerprint density at radius 3 is 2.95 bits per heavy atom. The molecule has 0 aromatic carbocycles. The lowest BCUT2D eigenvalue weighted by molar-refractivity contribution is -0.137. The number of carbonyl (C=O) groups excluding carboxylic acids is 1. The Balaban J connectivity index is 2.03. The van der Waals surface area contributed by atoms with Crippen LogP contribution in [0, 0.1) is 0 Å². The number of aliphatic carboxylic acids is 1. The molecule has 0 aliphatic carbocycles. The normalized spacial score (nSPS) is 29.7. The van der Waals surface area contributed by atoms with Crippen molar-refractivity contribution in [3.63, 3.8) is 0 Å². The van der Waals surface area contributed by atoms with Crippen LogP contribution in [0.25, 0.3) is 0 Å². The Bertz CT molecular complexity index is 452. The molecular formula is C11H15N3O3S2. The zero-order chi connectivity index (χ0) is 14.0. The molecule has 1 amide bonds. The summed E-state index contributed by atoms with van der Waals surface area (Å²) in [6, 6.07) is 0.0656. The molecular weight excluding hydrogens is 286 g/mol. The summed E-state index contributed by atoms with van der Waals surface area (Å²) in [6.45, 7) is 3.30. The van der Waals surface area contributed by atoms with Crippen LogP contribution in [0.5, 0.6) is 0 Å². The summed E-state index contributed by atoms with van der Waals surface area (Å²) in [5.41, 5.74) is 0. The minimum absolute atomic E-state index is 0.0712. The van der Waals surface area contributed by atoms with Crippen molar-refractivity contribution in [2.24, 2.45) is 0 Å². The molecule has 2 rings (SSSR count). The van der Waals surface area contributed by atoms with Gasteiger partial charge in [0.25, 0.3) is 5.91 Å². The molecule has 2 atom stereocenters. The van der Waals surface area contributed by atoms with Gasteiger partial charge in [0.05, 0.1) is 11.3 Å². The van der Waals surface area contributed by atoms with Crippen LogP contribution in [-0.4, -0.2) is 51.4 Å². The Morgan fingerprint density at radius 2 is 2.37 bits per heavy atom. The van der Waals surface area contributed by atoms with Crippen molar-refractivity contribution in [1.82, 2.24) is 15.5 Å². The summed E-state index contributed by atoms with van der Waals surface area (Å²) in [5, 5.41) is 14.6. The van der Waals surface area contributed by atoms with E-state index in [2.05, 4.69) is 10.6 Å². The summed E-state index contributed by atoms with van der Waals surface area (Å²) in [5.74, 6) is -1.01. The van der Waals surface area contributed by atoms with E-state index in [0.717, 1.165) is 6.54 Å². The quantitative estimate of drug-likeness (QED) is 0.504. The van der Waals surface area contributed by atoms with Crippen molar-refractivity contribution in [2.45, 2.75) is 25.4 Å². The Hall–Kier alpha value is -1.12. The summed E-state index contributed by atoms with van der Waals surface area (Å²) < 4.78 is 0.460. The first-order valence-corrected chi connectivity index (χ1v) is 7.13. The second-order valence-electron chi connectivity index (χ2n) is 4.65. The average molecular weight is 301 g/mol. The molecule has 0 spiro atoms. The van der Waals surface area contributed by atoms with Gasteiger partial charge in [-0.3, -0.25) is 9.59 Å². The number of thiocarbonyl (C=S) groups is 1. The number of thioether (sulfide) groups is 1. The summed E-state index contributed by atoms with van der Waals surface area (Å²) in [6.07, 6.45) is 1.84. The van der Waals surface area contributed by atoms with Gasteiger partial charge in [0, 0.05) is 31.4 Å². The van der Waals surface area contributed by atoms with E-state index >= 15 is 0 Å². The van der Waals surface area contributed by atoms with Gasteiger partial charge in [-0.05, 0) is 6.92 Å². The van der Waals surface area contributed by atoms with Crippen LogP contribution in [0.3, 0.4) is 0 Å². The van der Waals surface area contributed by atoms with Crippen molar-refractivity contribution in [3.05, 3.63) is 11.1 Å². The van der Waals surface area contributed by atoms with Gasteiger partial charge in [-0.1, -0.05) is 24.0 Å². The van der Waals surface area contributed by atoms with Crippen molar-refractivity contribution < 1.29 is 14.7 Å². The predicted molar refractivity (Wildman–Crippen MR) is 76.6 cm³/mol. The number of carbonyl (C=O) groups is 2. The first-order valence-electron chi connectivity index (χ1n) is 5.91. The third-order valence-electron chi connectivity index (χ3n) is 2.85. The van der Waals surface area contributed by atoms with E-state index in [0.29, 0.717) is 15.8 Å². The van der Waals surface area contributed by atoms with Crippen LogP contribution in [0.2, 0.25) is 0 Å². The van der Waals surface area contributed by atoms with E-state index in [1.165, 1.54) is 11.8 Å². The molecule has 0 bridgehead atoms. The van der Waals surface area contributed by atoms with E-state index in [1.807, 2.05) is 11.8 Å². The highest BCUT2D eigenvalue weighted by atomic mass is 32.2. The minimum atomic E-state index is -0.826. The predicted octanol–water partition coefficient (Wildman–Crippen LogP) is 0.113. The van der Waals surface area contributed by atoms with Crippen molar-refractivity contribution in [2.75, 3.05) is 13.1 Å². The zero-order valence-corrected chi connectivity index (χ0v) is 12.0. The highest BCUT2D eigenvalue weighted by molar-refractivity contribution is 8.26. The van der Waals surface area contributed by atoms with E-state index in [4.69, 9.17) is 17.3 Å². The molecule has 2 aliphatic heterocycles. The molecule has 2 heterocycles. The molecule has 2 saturated heterocycles. The van der Waals surface area contributed by atoms with Gasteiger partial charge in [0.15, 0.2) is 0 Å². The Labute approximate surface area is 120 Å². The largest absolute Gasteiger partial charge is 0.481 e. The highest BCUT2D eigenvalue weighted by Gasteiger charge is 2.27. The lowest BCUT2D eigenvalue weighted by atomic mass is 10.1. The standard InChI is InChI=1S/C11H15N3O3S2/c1-6-3-14(4-7(12-6)2-9(15)16)5-8-10(17)13-11(18)19-8/h5-7,12H,2-4H2,1H3,(H,15,16)(H,13,17,18). The van der Waals surface area contributed by atoms with Gasteiger partial charge in [0.2, 0.25) is 0 Å². The van der Waals surface area contributed by atoms with Crippen molar-refractivity contribution in [3.8, 4) is 0 Å². The maximum Gasteiger partial charge on any atom is 0.304 e. The fourth-order valence-corrected chi connectivity index (χ4v) is 3.28. The first kappa shape index (κ1) is 14.3. The highest BCUT2D eigenvalue weighted by Crippen LogP contribution is 2.24. The molecule has 0 radical (unpaired) electrons. The third kappa shape index (κ3) is 3.92. The van der Waals surface area contributed by atoms with Gasteiger partial charge >= 0.3 is 5.97 Å². The second kappa shape index (κ2) is 5.89. The molecule has 8 heteroatoms. The number of hydrogen-bond donors (Lipinski definition) is 3.